The Morgan fingerprint density at radius 3 is 2.48 bits per heavy atom. The second-order valence-corrected chi connectivity index (χ2v) is 8.38. The highest BCUT2D eigenvalue weighted by Gasteiger charge is 2.28. The molecule has 1 N–H and O–H groups in total. The van der Waals surface area contributed by atoms with Gasteiger partial charge in [-0.25, -0.2) is 8.42 Å². The lowest BCUT2D eigenvalue weighted by Gasteiger charge is -2.18. The van der Waals surface area contributed by atoms with Crippen molar-refractivity contribution in [3.63, 3.8) is 0 Å². The van der Waals surface area contributed by atoms with Gasteiger partial charge in [0.05, 0.1) is 15.5 Å². The summed E-state index contributed by atoms with van der Waals surface area (Å²) < 4.78 is 26.7. The van der Waals surface area contributed by atoms with Crippen LogP contribution in [0.4, 0.5) is 0 Å². The van der Waals surface area contributed by atoms with E-state index in [2.05, 4.69) is 24.1 Å². The number of benzene rings is 1. The van der Waals surface area contributed by atoms with Crippen molar-refractivity contribution < 1.29 is 13.2 Å². The number of carbonyl (C=O) groups excluding carboxylic acids is 1. The fourth-order valence-corrected chi connectivity index (χ4v) is 4.63. The lowest BCUT2D eigenvalue weighted by Crippen LogP contribution is -2.35. The van der Waals surface area contributed by atoms with E-state index < -0.39 is 10.0 Å². The number of amides is 1. The van der Waals surface area contributed by atoms with Crippen LogP contribution in [0.15, 0.2) is 23.1 Å². The average molecular weight is 388 g/mol. The summed E-state index contributed by atoms with van der Waals surface area (Å²) in [5.74, 6) is -0.351. The molecule has 0 unspecified atom stereocenters. The zero-order valence-corrected chi connectivity index (χ0v) is 16.4. The number of nitrogens with zero attached hydrogens (tertiary/aromatic N) is 2. The summed E-state index contributed by atoms with van der Waals surface area (Å²) in [7, 11) is -3.57. The molecular weight excluding hydrogens is 362 g/mol. The molecule has 0 aliphatic carbocycles. The van der Waals surface area contributed by atoms with E-state index in [1.54, 1.807) is 0 Å². The van der Waals surface area contributed by atoms with E-state index in [0.717, 1.165) is 32.5 Å². The van der Waals surface area contributed by atoms with Crippen LogP contribution in [0.1, 0.15) is 37.0 Å². The number of carbonyl (C=O) groups is 1. The zero-order valence-electron chi connectivity index (χ0n) is 14.8. The molecule has 140 valence electrons. The van der Waals surface area contributed by atoms with E-state index in [9.17, 15) is 13.2 Å². The van der Waals surface area contributed by atoms with Gasteiger partial charge in [0, 0.05) is 26.2 Å². The third-order valence-corrected chi connectivity index (χ3v) is 6.72. The van der Waals surface area contributed by atoms with Crippen molar-refractivity contribution in [2.75, 3.05) is 39.3 Å². The van der Waals surface area contributed by atoms with Crippen LogP contribution in [-0.4, -0.2) is 62.8 Å². The number of hydrogen-bond acceptors (Lipinski definition) is 4. The van der Waals surface area contributed by atoms with Crippen molar-refractivity contribution in [3.05, 3.63) is 28.8 Å². The Hall–Kier alpha value is -1.15. The standard InChI is InChI=1S/C17H26ClN3O3S/c1-3-20(4-2)12-9-19-17(22)15-13-14(7-8-16(15)18)25(23,24)21-10-5-6-11-21/h7-8,13H,3-6,9-12H2,1-2H3,(H,19,22). The van der Waals surface area contributed by atoms with Gasteiger partial charge in [-0.1, -0.05) is 25.4 Å². The van der Waals surface area contributed by atoms with Crippen LogP contribution >= 0.6 is 11.6 Å². The monoisotopic (exact) mass is 387 g/mol. The number of likely N-dealkylation sites (N-methyl/N-ethyl adjacent to an activating group) is 1. The molecular formula is C17H26ClN3O3S. The van der Waals surface area contributed by atoms with Crippen molar-refractivity contribution in [1.29, 1.82) is 0 Å². The fourth-order valence-electron chi connectivity index (χ4n) is 2.88. The van der Waals surface area contributed by atoms with Gasteiger partial charge in [-0.3, -0.25) is 4.79 Å². The molecule has 0 atom stereocenters. The molecule has 1 aliphatic rings. The molecule has 0 bridgehead atoms. The first-order valence-electron chi connectivity index (χ1n) is 8.70. The molecule has 8 heteroatoms. The SMILES string of the molecule is CCN(CC)CCNC(=O)c1cc(S(=O)(=O)N2CCCC2)ccc1Cl. The predicted octanol–water partition coefficient (Wildman–Crippen LogP) is 2.20. The predicted molar refractivity (Wildman–Crippen MR) is 99.6 cm³/mol. The molecule has 25 heavy (non-hydrogen) atoms. The highest BCUT2D eigenvalue weighted by molar-refractivity contribution is 7.89. The number of halogens is 1. The van der Waals surface area contributed by atoms with E-state index in [1.165, 1.54) is 22.5 Å². The summed E-state index contributed by atoms with van der Waals surface area (Å²) in [4.78, 5) is 14.7. The smallest absolute Gasteiger partial charge is 0.252 e. The molecule has 1 heterocycles. The van der Waals surface area contributed by atoms with Crippen LogP contribution in [0, 0.1) is 0 Å². The van der Waals surface area contributed by atoms with E-state index >= 15 is 0 Å². The Balaban J connectivity index is 2.11. The number of sulfonamides is 1. The van der Waals surface area contributed by atoms with Gasteiger partial charge in [0.15, 0.2) is 0 Å². The van der Waals surface area contributed by atoms with Crippen LogP contribution in [0.5, 0.6) is 0 Å². The first-order chi connectivity index (χ1) is 11.9. The van der Waals surface area contributed by atoms with Crippen LogP contribution in [0.25, 0.3) is 0 Å². The summed E-state index contributed by atoms with van der Waals surface area (Å²) in [5, 5.41) is 3.06. The number of rotatable bonds is 8. The van der Waals surface area contributed by atoms with Crippen molar-refractivity contribution >= 4 is 27.5 Å². The van der Waals surface area contributed by atoms with Gasteiger partial charge in [-0.2, -0.15) is 4.31 Å². The molecule has 1 saturated heterocycles. The Labute approximate surface area is 155 Å². The minimum atomic E-state index is -3.57. The van der Waals surface area contributed by atoms with E-state index in [4.69, 9.17) is 11.6 Å². The van der Waals surface area contributed by atoms with Crippen molar-refractivity contribution in [1.82, 2.24) is 14.5 Å². The molecule has 6 nitrogen and oxygen atoms in total. The lowest BCUT2D eigenvalue weighted by molar-refractivity contribution is 0.0949. The van der Waals surface area contributed by atoms with Gasteiger partial charge < -0.3 is 10.2 Å². The summed E-state index contributed by atoms with van der Waals surface area (Å²) in [6.07, 6.45) is 1.73. The Bertz CT molecular complexity index is 699. The first kappa shape index (κ1) is 20.2. The summed E-state index contributed by atoms with van der Waals surface area (Å²) in [5.41, 5.74) is 0.196. The maximum Gasteiger partial charge on any atom is 0.252 e. The minimum Gasteiger partial charge on any atom is -0.351 e. The molecule has 0 spiro atoms. The van der Waals surface area contributed by atoms with E-state index in [-0.39, 0.29) is 21.4 Å². The number of nitrogens with one attached hydrogen (secondary N) is 1. The molecule has 2 rings (SSSR count). The van der Waals surface area contributed by atoms with E-state index in [1.807, 2.05) is 0 Å². The Kier molecular flexibility index (Phi) is 7.25. The molecule has 1 aromatic rings. The van der Waals surface area contributed by atoms with Crippen LogP contribution < -0.4 is 5.32 Å². The first-order valence-corrected chi connectivity index (χ1v) is 10.5. The largest absolute Gasteiger partial charge is 0.351 e. The summed E-state index contributed by atoms with van der Waals surface area (Å²) >= 11 is 6.12. The third kappa shape index (κ3) is 4.94. The highest BCUT2D eigenvalue weighted by Crippen LogP contribution is 2.25. The molecule has 1 amide bonds. The zero-order chi connectivity index (χ0) is 18.4. The third-order valence-electron chi connectivity index (χ3n) is 4.49. The average Bonchev–Trinajstić information content (AvgIpc) is 3.14. The normalized spacial score (nSPS) is 15.7. The maximum atomic E-state index is 12.6. The lowest BCUT2D eigenvalue weighted by atomic mass is 10.2. The molecule has 1 aliphatic heterocycles. The van der Waals surface area contributed by atoms with Gasteiger partial charge in [0.2, 0.25) is 10.0 Å². The van der Waals surface area contributed by atoms with Crippen molar-refractivity contribution in [3.8, 4) is 0 Å². The van der Waals surface area contributed by atoms with Gasteiger partial charge >= 0.3 is 0 Å². The minimum absolute atomic E-state index is 0.118. The Morgan fingerprint density at radius 2 is 1.88 bits per heavy atom. The topological polar surface area (TPSA) is 69.7 Å². The maximum absolute atomic E-state index is 12.6. The van der Waals surface area contributed by atoms with Crippen molar-refractivity contribution in [2.45, 2.75) is 31.6 Å². The van der Waals surface area contributed by atoms with Gasteiger partial charge in [-0.05, 0) is 44.1 Å². The second kappa shape index (κ2) is 8.98. The molecule has 1 fully saturated rings. The van der Waals surface area contributed by atoms with Gasteiger partial charge in [-0.15, -0.1) is 0 Å². The fraction of sp³-hybridized carbons (Fsp3) is 0.588. The second-order valence-electron chi connectivity index (χ2n) is 6.04. The Morgan fingerprint density at radius 1 is 1.24 bits per heavy atom. The van der Waals surface area contributed by atoms with E-state index in [0.29, 0.717) is 19.6 Å². The van der Waals surface area contributed by atoms with Gasteiger partial charge in [0.1, 0.15) is 0 Å². The number of hydrogen-bond donors (Lipinski definition) is 1. The summed E-state index contributed by atoms with van der Waals surface area (Å²) in [6, 6.07) is 4.31. The highest BCUT2D eigenvalue weighted by atomic mass is 35.5. The van der Waals surface area contributed by atoms with Crippen LogP contribution in [-0.2, 0) is 10.0 Å². The summed E-state index contributed by atoms with van der Waals surface area (Å²) in [6.45, 7) is 8.23. The molecule has 0 radical (unpaired) electrons. The van der Waals surface area contributed by atoms with Crippen molar-refractivity contribution in [2.24, 2.45) is 0 Å². The molecule has 0 saturated carbocycles. The molecule has 1 aromatic carbocycles. The van der Waals surface area contributed by atoms with Crippen LogP contribution in [0.2, 0.25) is 5.02 Å². The molecule has 0 aromatic heterocycles. The van der Waals surface area contributed by atoms with Gasteiger partial charge in [0.25, 0.3) is 5.91 Å². The quantitative estimate of drug-likeness (QED) is 0.742. The van der Waals surface area contributed by atoms with Crippen LogP contribution in [0.3, 0.4) is 0 Å².